The Bertz CT molecular complexity index is 216. The van der Waals surface area contributed by atoms with Gasteiger partial charge in [-0.3, -0.25) is 9.41 Å². The van der Waals surface area contributed by atoms with Gasteiger partial charge in [0.15, 0.2) is 0 Å². The van der Waals surface area contributed by atoms with E-state index in [-0.39, 0.29) is 47.6 Å². The van der Waals surface area contributed by atoms with Crippen molar-refractivity contribution >= 4 is 5.97 Å². The van der Waals surface area contributed by atoms with E-state index >= 15 is 0 Å². The quantitative estimate of drug-likeness (QED) is 0.853. The van der Waals surface area contributed by atoms with Crippen LogP contribution in [0.1, 0.15) is 10.4 Å². The van der Waals surface area contributed by atoms with Crippen LogP contribution >= 0.6 is 0 Å². The van der Waals surface area contributed by atoms with Gasteiger partial charge in [-0.25, -0.2) is 4.79 Å². The van der Waals surface area contributed by atoms with E-state index in [1.165, 1.54) is 0 Å². The molecule has 1 aromatic carbocycles. The van der Waals surface area contributed by atoms with Crippen molar-refractivity contribution in [3.8, 4) is 0 Å². The average molecular weight is 325 g/mol. The summed E-state index contributed by atoms with van der Waals surface area (Å²) in [6.45, 7) is 0. The van der Waals surface area contributed by atoms with Crippen LogP contribution in [0.3, 0.4) is 0 Å². The van der Waals surface area contributed by atoms with Crippen LogP contribution in [-0.4, -0.2) is 11.1 Å². The van der Waals surface area contributed by atoms with Gasteiger partial charge < -0.3 is 5.11 Å². The van der Waals surface area contributed by atoms with E-state index in [4.69, 9.17) is 5.11 Å². The van der Waals surface area contributed by atoms with Gasteiger partial charge in [0.25, 0.3) is 0 Å². The van der Waals surface area contributed by atoms with E-state index in [0.29, 0.717) is 5.56 Å². The Morgan fingerprint density at radius 2 is 1.50 bits per heavy atom. The molecule has 0 atom stereocenters. The molecule has 0 radical (unpaired) electrons. The van der Waals surface area contributed by atoms with E-state index in [2.05, 4.69) is 0 Å². The van der Waals surface area contributed by atoms with Crippen LogP contribution in [0.15, 0.2) is 30.3 Å². The second kappa shape index (κ2) is 8.92. The largest absolute Gasteiger partial charge is 0.478 e. The molecule has 72 valence electrons. The number of halogens is 2. The molecule has 0 aromatic heterocycles. The Balaban J connectivity index is -0.000000270. The number of hydrogen-bond acceptors (Lipinski definition) is 1. The van der Waals surface area contributed by atoms with Crippen LogP contribution in [0.25, 0.3) is 0 Å². The molecule has 0 spiro atoms. The minimum Gasteiger partial charge on any atom is -0.478 e. The Morgan fingerprint density at radius 1 is 1.08 bits per heavy atom. The molecule has 0 fully saturated rings. The van der Waals surface area contributed by atoms with Crippen LogP contribution in [0.4, 0.5) is 9.41 Å². The SMILES string of the molecule is F.F.O=C(O)c1ccccc1.[Dy]. The smallest absolute Gasteiger partial charge is 0.335 e. The fraction of sp³-hybridized carbons (Fsp3) is 0. The van der Waals surface area contributed by atoms with E-state index in [0.717, 1.165) is 0 Å². The molecule has 0 amide bonds. The monoisotopic (exact) mass is 326 g/mol. The standard InChI is InChI=1S/C7H6O2.Dy.2FH/c8-7(9)6-4-2-1-3-5-6;;;/h1-5H,(H,8,9);;2*1H. The number of carboxylic acid groups (broad SMARTS) is 1. The van der Waals surface area contributed by atoms with Gasteiger partial charge in [-0.1, -0.05) is 18.2 Å². The van der Waals surface area contributed by atoms with Crippen molar-refractivity contribution in [2.24, 2.45) is 0 Å². The van der Waals surface area contributed by atoms with E-state index in [9.17, 15) is 4.79 Å². The van der Waals surface area contributed by atoms with Crippen molar-refractivity contribution < 1.29 is 57.5 Å². The zero-order chi connectivity index (χ0) is 6.69. The minimum atomic E-state index is -0.879. The number of aromatic carboxylic acids is 1. The summed E-state index contributed by atoms with van der Waals surface area (Å²) in [7, 11) is 0. The van der Waals surface area contributed by atoms with Gasteiger partial charge in [0.1, 0.15) is 0 Å². The van der Waals surface area contributed by atoms with Crippen molar-refractivity contribution in [2.75, 3.05) is 0 Å². The van der Waals surface area contributed by atoms with E-state index in [1.807, 2.05) is 0 Å². The molecule has 0 unspecified atom stereocenters. The summed E-state index contributed by atoms with van der Waals surface area (Å²) in [6, 6.07) is 8.30. The molecule has 1 N–H and O–H groups in total. The fourth-order valence-electron chi connectivity index (χ4n) is 0.581. The molecule has 2 nitrogen and oxygen atoms in total. The minimum absolute atomic E-state index is 0. The number of rotatable bonds is 1. The molecule has 0 aliphatic carbocycles. The molecule has 1 aromatic rings. The molecule has 0 saturated carbocycles. The molecule has 0 bridgehead atoms. The third-order valence-electron chi connectivity index (χ3n) is 1.02. The van der Waals surface area contributed by atoms with Gasteiger partial charge in [-0.05, 0) is 12.1 Å². The zero-order valence-corrected chi connectivity index (χ0v) is 7.90. The van der Waals surface area contributed by atoms with Crippen LogP contribution < -0.4 is 0 Å². The Hall–Kier alpha value is -0.177. The maximum absolute atomic E-state index is 10.2. The third kappa shape index (κ3) is 5.47. The van der Waals surface area contributed by atoms with Crippen molar-refractivity contribution in [2.45, 2.75) is 0 Å². The van der Waals surface area contributed by atoms with Crippen molar-refractivity contribution in [3.63, 3.8) is 0 Å². The van der Waals surface area contributed by atoms with Crippen molar-refractivity contribution in [1.29, 1.82) is 0 Å². The number of carbonyl (C=O) groups is 1. The van der Waals surface area contributed by atoms with E-state index < -0.39 is 5.97 Å². The number of benzene rings is 1. The predicted molar refractivity (Wildman–Crippen MR) is 38.4 cm³/mol. The first kappa shape index (κ1) is 17.8. The molecular weight excluding hydrogens is 317 g/mol. The number of carboxylic acids is 1. The second-order valence-corrected chi connectivity index (χ2v) is 1.67. The second-order valence-electron chi connectivity index (χ2n) is 1.67. The summed E-state index contributed by atoms with van der Waals surface area (Å²) in [5.74, 6) is -0.879. The van der Waals surface area contributed by atoms with Gasteiger partial charge in [0.2, 0.25) is 0 Å². The van der Waals surface area contributed by atoms with Crippen molar-refractivity contribution in [3.05, 3.63) is 35.9 Å². The van der Waals surface area contributed by atoms with Gasteiger partial charge in [0.05, 0.1) is 5.56 Å². The molecule has 1 rings (SSSR count). The molecular formula is C7H8DyF2O2. The first-order valence-electron chi connectivity index (χ1n) is 2.59. The van der Waals surface area contributed by atoms with Gasteiger partial charge >= 0.3 is 5.97 Å². The summed E-state index contributed by atoms with van der Waals surface area (Å²) in [4.78, 5) is 10.2. The third-order valence-corrected chi connectivity index (χ3v) is 1.02. The van der Waals surface area contributed by atoms with E-state index in [1.54, 1.807) is 30.3 Å². The number of hydrogen-bond donors (Lipinski definition) is 1. The maximum atomic E-state index is 10.2. The zero-order valence-electron chi connectivity index (χ0n) is 5.87. The predicted octanol–water partition coefficient (Wildman–Crippen LogP) is 1.69. The first-order valence-corrected chi connectivity index (χ1v) is 2.59. The molecule has 12 heavy (non-hydrogen) atoms. The van der Waals surface area contributed by atoms with Crippen molar-refractivity contribution in [1.82, 2.24) is 0 Å². The maximum Gasteiger partial charge on any atom is 0.335 e. The normalized spacial score (nSPS) is 6.67. The molecule has 0 saturated heterocycles. The van der Waals surface area contributed by atoms with Gasteiger partial charge in [-0.15, -0.1) is 0 Å². The van der Waals surface area contributed by atoms with Crippen LogP contribution in [0.2, 0.25) is 0 Å². The van der Waals surface area contributed by atoms with Crippen LogP contribution in [-0.2, 0) is 0 Å². The van der Waals surface area contributed by atoms with Crippen LogP contribution in [0.5, 0.6) is 0 Å². The Labute approximate surface area is 98.7 Å². The Kier molecular flexibility index (Phi) is 13.2. The topological polar surface area (TPSA) is 37.3 Å². The fourth-order valence-corrected chi connectivity index (χ4v) is 0.581. The molecule has 0 aliphatic rings. The average Bonchev–Trinajstić information content (AvgIpc) is 1.90. The van der Waals surface area contributed by atoms with Gasteiger partial charge in [0, 0.05) is 38.2 Å². The summed E-state index contributed by atoms with van der Waals surface area (Å²) < 4.78 is 0. The van der Waals surface area contributed by atoms with Crippen LogP contribution in [0, 0.1) is 38.2 Å². The van der Waals surface area contributed by atoms with Gasteiger partial charge in [-0.2, -0.15) is 0 Å². The summed E-state index contributed by atoms with van der Waals surface area (Å²) in [5.41, 5.74) is 0.331. The summed E-state index contributed by atoms with van der Waals surface area (Å²) in [5, 5.41) is 8.38. The Morgan fingerprint density at radius 3 is 1.75 bits per heavy atom. The molecule has 0 aliphatic heterocycles. The summed E-state index contributed by atoms with van der Waals surface area (Å²) in [6.07, 6.45) is 0. The molecule has 5 heteroatoms. The molecule has 0 heterocycles. The first-order chi connectivity index (χ1) is 4.30. The summed E-state index contributed by atoms with van der Waals surface area (Å²) >= 11 is 0.